The molecule has 0 amide bonds. The van der Waals surface area contributed by atoms with Gasteiger partial charge in [0, 0.05) is 16.3 Å². The van der Waals surface area contributed by atoms with Crippen LogP contribution in [0.25, 0.3) is 11.4 Å². The molecule has 1 heterocycles. The Hall–Kier alpha value is -1.87. The van der Waals surface area contributed by atoms with Crippen molar-refractivity contribution in [3.63, 3.8) is 0 Å². The Labute approximate surface area is 152 Å². The number of aromatic amines is 1. The number of sulfonamides is 1. The van der Waals surface area contributed by atoms with Gasteiger partial charge in [0.25, 0.3) is 10.0 Å². The highest BCUT2D eigenvalue weighted by Gasteiger charge is 2.23. The Balaban J connectivity index is 1.98. The third kappa shape index (κ3) is 3.46. The number of halogens is 3. The summed E-state index contributed by atoms with van der Waals surface area (Å²) in [5, 5.41) is 13.6. The third-order valence-corrected chi connectivity index (χ3v) is 5.47. The molecule has 24 heavy (non-hydrogen) atoms. The van der Waals surface area contributed by atoms with E-state index in [2.05, 4.69) is 25.3 Å². The molecule has 124 valence electrons. The molecule has 3 rings (SSSR count). The van der Waals surface area contributed by atoms with Crippen LogP contribution in [0, 0.1) is 0 Å². The Bertz CT molecular complexity index is 970. The van der Waals surface area contributed by atoms with Crippen LogP contribution in [0.1, 0.15) is 0 Å². The van der Waals surface area contributed by atoms with Crippen LogP contribution in [-0.2, 0) is 10.0 Å². The molecule has 11 heteroatoms. The van der Waals surface area contributed by atoms with Crippen molar-refractivity contribution in [3.8, 4) is 11.4 Å². The number of hydrogen-bond donors (Lipinski definition) is 2. The number of benzene rings is 2. The summed E-state index contributed by atoms with van der Waals surface area (Å²) in [6.07, 6.45) is 0. The molecule has 0 fully saturated rings. The van der Waals surface area contributed by atoms with Gasteiger partial charge in [-0.3, -0.25) is 4.72 Å². The Morgan fingerprint density at radius 1 is 1.04 bits per heavy atom. The maximum absolute atomic E-state index is 12.6. The second-order valence-electron chi connectivity index (χ2n) is 4.62. The van der Waals surface area contributed by atoms with Crippen molar-refractivity contribution in [2.75, 3.05) is 4.72 Å². The topological polar surface area (TPSA) is 101 Å². The van der Waals surface area contributed by atoms with E-state index in [0.29, 0.717) is 17.1 Å². The minimum atomic E-state index is -4.01. The van der Waals surface area contributed by atoms with Crippen LogP contribution in [-0.4, -0.2) is 29.0 Å². The van der Waals surface area contributed by atoms with E-state index in [4.69, 9.17) is 34.8 Å². The summed E-state index contributed by atoms with van der Waals surface area (Å²) in [7, 11) is -4.01. The van der Waals surface area contributed by atoms with E-state index in [0.717, 1.165) is 0 Å². The highest BCUT2D eigenvalue weighted by molar-refractivity contribution is 7.93. The second-order valence-corrected chi connectivity index (χ2v) is 7.49. The molecule has 0 aliphatic rings. The van der Waals surface area contributed by atoms with Crippen LogP contribution in [0.2, 0.25) is 15.1 Å². The molecule has 0 atom stereocenters. The number of rotatable bonds is 4. The Kier molecular flexibility index (Phi) is 4.64. The zero-order chi connectivity index (χ0) is 17.3. The monoisotopic (exact) mass is 403 g/mol. The van der Waals surface area contributed by atoms with Crippen LogP contribution in [0.3, 0.4) is 0 Å². The fourth-order valence-corrected chi connectivity index (χ4v) is 4.59. The van der Waals surface area contributed by atoms with Crippen LogP contribution in [0.5, 0.6) is 0 Å². The van der Waals surface area contributed by atoms with Gasteiger partial charge in [-0.25, -0.2) is 8.42 Å². The molecule has 0 aliphatic carbocycles. The van der Waals surface area contributed by atoms with E-state index in [1.54, 1.807) is 24.3 Å². The summed E-state index contributed by atoms with van der Waals surface area (Å²) in [4.78, 5) is -0.250. The van der Waals surface area contributed by atoms with Crippen molar-refractivity contribution >= 4 is 50.5 Å². The SMILES string of the molecule is O=S(=O)(Nc1cccc(-c2nn[nH]n2)c1)c1c(Cl)cc(Cl)cc1Cl. The van der Waals surface area contributed by atoms with Crippen LogP contribution in [0.4, 0.5) is 5.69 Å². The van der Waals surface area contributed by atoms with Crippen molar-refractivity contribution in [2.45, 2.75) is 4.90 Å². The fourth-order valence-electron chi connectivity index (χ4n) is 2.00. The van der Waals surface area contributed by atoms with Crippen LogP contribution >= 0.6 is 34.8 Å². The van der Waals surface area contributed by atoms with Crippen LogP contribution in [0.15, 0.2) is 41.3 Å². The molecule has 2 aromatic carbocycles. The van der Waals surface area contributed by atoms with Crippen molar-refractivity contribution in [3.05, 3.63) is 51.5 Å². The maximum Gasteiger partial charge on any atom is 0.264 e. The first kappa shape index (κ1) is 17.0. The van der Waals surface area contributed by atoms with E-state index in [1.807, 2.05) is 0 Å². The van der Waals surface area contributed by atoms with E-state index in [-0.39, 0.29) is 20.0 Å². The number of H-pyrrole nitrogens is 1. The zero-order valence-corrected chi connectivity index (χ0v) is 14.7. The van der Waals surface area contributed by atoms with E-state index >= 15 is 0 Å². The first-order valence-electron chi connectivity index (χ1n) is 6.38. The zero-order valence-electron chi connectivity index (χ0n) is 11.7. The lowest BCUT2D eigenvalue weighted by molar-refractivity contribution is 0.601. The lowest BCUT2D eigenvalue weighted by Crippen LogP contribution is -2.14. The Morgan fingerprint density at radius 2 is 1.75 bits per heavy atom. The first-order valence-corrected chi connectivity index (χ1v) is 9.00. The number of aromatic nitrogens is 4. The molecule has 0 spiro atoms. The van der Waals surface area contributed by atoms with Crippen molar-refractivity contribution in [1.29, 1.82) is 0 Å². The van der Waals surface area contributed by atoms with Gasteiger partial charge in [-0.15, -0.1) is 10.2 Å². The van der Waals surface area contributed by atoms with Crippen molar-refractivity contribution in [2.24, 2.45) is 0 Å². The molecule has 2 N–H and O–H groups in total. The number of tetrazole rings is 1. The predicted molar refractivity (Wildman–Crippen MR) is 91.9 cm³/mol. The molecule has 3 aromatic rings. The maximum atomic E-state index is 12.6. The Morgan fingerprint density at radius 3 is 2.38 bits per heavy atom. The highest BCUT2D eigenvalue weighted by atomic mass is 35.5. The summed E-state index contributed by atoms with van der Waals surface area (Å²) in [5.74, 6) is 0.332. The predicted octanol–water partition coefficient (Wildman–Crippen LogP) is 3.63. The van der Waals surface area contributed by atoms with Gasteiger partial charge in [0.1, 0.15) is 4.90 Å². The molecule has 0 radical (unpaired) electrons. The summed E-state index contributed by atoms with van der Waals surface area (Å²) >= 11 is 17.8. The van der Waals surface area contributed by atoms with Gasteiger partial charge < -0.3 is 0 Å². The largest absolute Gasteiger partial charge is 0.280 e. The molecule has 0 unspecified atom stereocenters. The normalized spacial score (nSPS) is 11.5. The lowest BCUT2D eigenvalue weighted by atomic mass is 10.2. The number of hydrogen-bond acceptors (Lipinski definition) is 5. The summed E-state index contributed by atoms with van der Waals surface area (Å²) in [5.41, 5.74) is 0.872. The molecular weight excluding hydrogens is 397 g/mol. The quantitative estimate of drug-likeness (QED) is 0.691. The van der Waals surface area contributed by atoms with Gasteiger partial charge in [-0.05, 0) is 29.5 Å². The number of anilines is 1. The third-order valence-electron chi connectivity index (χ3n) is 2.95. The lowest BCUT2D eigenvalue weighted by Gasteiger charge is -2.12. The standard InChI is InChI=1S/C13H8Cl3N5O2S/c14-8-5-10(15)12(11(16)6-8)24(22,23)19-9-3-1-2-7(4-9)13-17-20-21-18-13/h1-6,19H,(H,17,18,20,21). The molecular formula is C13H8Cl3N5O2S. The van der Waals surface area contributed by atoms with E-state index in [1.165, 1.54) is 12.1 Å². The average molecular weight is 405 g/mol. The van der Waals surface area contributed by atoms with Crippen LogP contribution < -0.4 is 4.72 Å². The molecule has 0 aliphatic heterocycles. The second kappa shape index (κ2) is 6.56. The highest BCUT2D eigenvalue weighted by Crippen LogP contribution is 2.34. The number of nitrogens with one attached hydrogen (secondary N) is 2. The summed E-state index contributed by atoms with van der Waals surface area (Å²) in [6, 6.07) is 9.09. The minimum absolute atomic E-state index is 0.0747. The van der Waals surface area contributed by atoms with Gasteiger partial charge in [0.05, 0.1) is 10.0 Å². The molecule has 0 saturated heterocycles. The molecule has 1 aromatic heterocycles. The fraction of sp³-hybridized carbons (Fsp3) is 0. The van der Waals surface area contributed by atoms with Crippen molar-refractivity contribution in [1.82, 2.24) is 20.6 Å². The summed E-state index contributed by atoms with van der Waals surface area (Å²) in [6.45, 7) is 0. The first-order chi connectivity index (χ1) is 11.4. The van der Waals surface area contributed by atoms with Gasteiger partial charge in [-0.1, -0.05) is 46.9 Å². The van der Waals surface area contributed by atoms with E-state index in [9.17, 15) is 8.42 Å². The number of nitrogens with zero attached hydrogens (tertiary/aromatic N) is 3. The van der Waals surface area contributed by atoms with Crippen molar-refractivity contribution < 1.29 is 8.42 Å². The minimum Gasteiger partial charge on any atom is -0.280 e. The van der Waals surface area contributed by atoms with Gasteiger partial charge in [0.15, 0.2) is 0 Å². The molecule has 0 saturated carbocycles. The van der Waals surface area contributed by atoms with Gasteiger partial charge in [0.2, 0.25) is 5.82 Å². The molecule has 0 bridgehead atoms. The molecule has 7 nitrogen and oxygen atoms in total. The van der Waals surface area contributed by atoms with Gasteiger partial charge in [-0.2, -0.15) is 5.21 Å². The smallest absolute Gasteiger partial charge is 0.264 e. The van der Waals surface area contributed by atoms with Gasteiger partial charge >= 0.3 is 0 Å². The average Bonchev–Trinajstić information content (AvgIpc) is 2.99. The van der Waals surface area contributed by atoms with E-state index < -0.39 is 10.0 Å². The summed E-state index contributed by atoms with van der Waals surface area (Å²) < 4.78 is 27.6.